The van der Waals surface area contributed by atoms with Gasteiger partial charge in [0.1, 0.15) is 5.75 Å². The van der Waals surface area contributed by atoms with Gasteiger partial charge in [-0.3, -0.25) is 0 Å². The van der Waals surface area contributed by atoms with E-state index in [2.05, 4.69) is 42.8 Å². The van der Waals surface area contributed by atoms with Crippen LogP contribution in [0.15, 0.2) is 22.7 Å². The van der Waals surface area contributed by atoms with E-state index in [1.807, 2.05) is 19.1 Å². The second kappa shape index (κ2) is 7.15. The summed E-state index contributed by atoms with van der Waals surface area (Å²) in [5.41, 5.74) is 7.06. The molecule has 2 unspecified atom stereocenters. The molecular formula is C15H24BrNO. The molecule has 3 heteroatoms. The average Bonchev–Trinajstić information content (AvgIpc) is 2.21. The maximum absolute atomic E-state index is 6.09. The fourth-order valence-electron chi connectivity index (χ4n) is 2.11. The minimum absolute atomic E-state index is 0.141. The van der Waals surface area contributed by atoms with Crippen LogP contribution in [0.5, 0.6) is 5.75 Å². The summed E-state index contributed by atoms with van der Waals surface area (Å²) >= 11 is 3.57. The number of halogens is 1. The summed E-state index contributed by atoms with van der Waals surface area (Å²) in [6.07, 6.45) is 2.11. The summed E-state index contributed by atoms with van der Waals surface area (Å²) in [6, 6.07) is 6.28. The quantitative estimate of drug-likeness (QED) is 0.856. The predicted molar refractivity (Wildman–Crippen MR) is 81.0 cm³/mol. The van der Waals surface area contributed by atoms with Gasteiger partial charge in [0.25, 0.3) is 0 Å². The molecule has 18 heavy (non-hydrogen) atoms. The molecule has 2 atom stereocenters. The molecule has 0 aliphatic rings. The van der Waals surface area contributed by atoms with E-state index in [0.717, 1.165) is 23.1 Å². The molecule has 0 heterocycles. The van der Waals surface area contributed by atoms with Gasteiger partial charge in [-0.1, -0.05) is 26.0 Å². The number of hydrogen-bond donors (Lipinski definition) is 1. The predicted octanol–water partition coefficient (Wildman–Crippen LogP) is 4.15. The fraction of sp³-hybridized carbons (Fsp3) is 0.600. The van der Waals surface area contributed by atoms with Gasteiger partial charge in [0.15, 0.2) is 0 Å². The van der Waals surface area contributed by atoms with Gasteiger partial charge in [0.2, 0.25) is 0 Å². The molecule has 0 bridgehead atoms. The molecule has 2 nitrogen and oxygen atoms in total. The van der Waals surface area contributed by atoms with Gasteiger partial charge >= 0.3 is 0 Å². The highest BCUT2D eigenvalue weighted by molar-refractivity contribution is 9.10. The number of nitrogens with two attached hydrogens (primary N) is 1. The van der Waals surface area contributed by atoms with Gasteiger partial charge in [-0.25, -0.2) is 0 Å². The van der Waals surface area contributed by atoms with Gasteiger partial charge < -0.3 is 10.5 Å². The van der Waals surface area contributed by atoms with Crippen LogP contribution in [0.4, 0.5) is 0 Å². The molecule has 0 spiro atoms. The summed E-state index contributed by atoms with van der Waals surface area (Å²) in [6.45, 7) is 8.56. The van der Waals surface area contributed by atoms with E-state index in [1.165, 1.54) is 5.56 Å². The van der Waals surface area contributed by atoms with E-state index in [9.17, 15) is 0 Å². The highest BCUT2D eigenvalue weighted by Gasteiger charge is 2.14. The van der Waals surface area contributed by atoms with Crippen molar-refractivity contribution in [2.45, 2.75) is 52.7 Å². The second-order valence-electron chi connectivity index (χ2n) is 5.47. The third-order valence-electron chi connectivity index (χ3n) is 2.71. The Balaban J connectivity index is 2.85. The molecule has 0 aromatic heterocycles. The van der Waals surface area contributed by atoms with Crippen molar-refractivity contribution in [3.05, 3.63) is 28.2 Å². The Morgan fingerprint density at radius 2 is 1.89 bits per heavy atom. The van der Waals surface area contributed by atoms with Crippen molar-refractivity contribution in [3.63, 3.8) is 0 Å². The van der Waals surface area contributed by atoms with Crippen molar-refractivity contribution < 1.29 is 4.74 Å². The smallest absolute Gasteiger partial charge is 0.137 e. The number of hydrogen-bond acceptors (Lipinski definition) is 2. The Hall–Kier alpha value is -0.540. The van der Waals surface area contributed by atoms with Crippen molar-refractivity contribution in [3.8, 4) is 5.75 Å². The summed E-state index contributed by atoms with van der Waals surface area (Å²) in [7, 11) is 0. The Morgan fingerprint density at radius 1 is 1.22 bits per heavy atom. The Morgan fingerprint density at radius 3 is 2.44 bits per heavy atom. The Labute approximate surface area is 119 Å². The normalized spacial score (nSPS) is 14.6. The van der Waals surface area contributed by atoms with Crippen LogP contribution in [0.25, 0.3) is 0 Å². The van der Waals surface area contributed by atoms with Gasteiger partial charge in [-0.15, -0.1) is 0 Å². The van der Waals surface area contributed by atoms with E-state index in [4.69, 9.17) is 10.5 Å². The third-order valence-corrected chi connectivity index (χ3v) is 3.34. The highest BCUT2D eigenvalue weighted by Crippen LogP contribution is 2.31. The van der Waals surface area contributed by atoms with Crippen LogP contribution in [-0.2, 0) is 6.42 Å². The van der Waals surface area contributed by atoms with Crippen molar-refractivity contribution in [1.82, 2.24) is 0 Å². The minimum atomic E-state index is 0.141. The molecule has 1 rings (SSSR count). The SMILES string of the molecule is CC(C)CC(C)Oc1c(Br)cccc1CC(C)N. The Bertz CT molecular complexity index is 377. The third kappa shape index (κ3) is 4.99. The van der Waals surface area contributed by atoms with Crippen LogP contribution in [0, 0.1) is 5.92 Å². The topological polar surface area (TPSA) is 35.2 Å². The molecule has 1 aromatic rings. The molecule has 102 valence electrons. The summed E-state index contributed by atoms with van der Waals surface area (Å²) < 4.78 is 7.10. The lowest BCUT2D eigenvalue weighted by Crippen LogP contribution is -2.20. The first kappa shape index (κ1) is 15.5. The molecule has 0 saturated heterocycles. The second-order valence-corrected chi connectivity index (χ2v) is 6.32. The lowest BCUT2D eigenvalue weighted by Gasteiger charge is -2.20. The molecular weight excluding hydrogens is 290 g/mol. The van der Waals surface area contributed by atoms with Crippen LogP contribution in [0.2, 0.25) is 0 Å². The first-order chi connectivity index (χ1) is 8.40. The van der Waals surface area contributed by atoms with E-state index >= 15 is 0 Å². The zero-order valence-electron chi connectivity index (χ0n) is 11.7. The highest BCUT2D eigenvalue weighted by atomic mass is 79.9. The number of rotatable bonds is 6. The zero-order chi connectivity index (χ0) is 13.7. The van der Waals surface area contributed by atoms with Crippen LogP contribution < -0.4 is 10.5 Å². The van der Waals surface area contributed by atoms with Crippen LogP contribution in [0.3, 0.4) is 0 Å². The molecule has 0 saturated carbocycles. The summed E-state index contributed by atoms with van der Waals surface area (Å²) in [5, 5.41) is 0. The minimum Gasteiger partial charge on any atom is -0.489 e. The zero-order valence-corrected chi connectivity index (χ0v) is 13.3. The molecule has 0 radical (unpaired) electrons. The van der Waals surface area contributed by atoms with Gasteiger partial charge in [0, 0.05) is 6.04 Å². The summed E-state index contributed by atoms with van der Waals surface area (Å²) in [4.78, 5) is 0. The van der Waals surface area contributed by atoms with E-state index in [1.54, 1.807) is 0 Å². The van der Waals surface area contributed by atoms with E-state index < -0.39 is 0 Å². The Kier molecular flexibility index (Phi) is 6.16. The van der Waals surface area contributed by atoms with Crippen LogP contribution in [0.1, 0.15) is 39.7 Å². The van der Waals surface area contributed by atoms with Crippen molar-refractivity contribution >= 4 is 15.9 Å². The average molecular weight is 314 g/mol. The maximum Gasteiger partial charge on any atom is 0.137 e. The molecule has 0 fully saturated rings. The van der Waals surface area contributed by atoms with Crippen molar-refractivity contribution in [2.24, 2.45) is 11.7 Å². The number of ether oxygens (including phenoxy) is 1. The maximum atomic E-state index is 6.09. The standard InChI is InChI=1S/C15H24BrNO/c1-10(2)8-12(4)18-15-13(9-11(3)17)6-5-7-14(15)16/h5-7,10-12H,8-9,17H2,1-4H3. The van der Waals surface area contributed by atoms with Gasteiger partial charge in [-0.2, -0.15) is 0 Å². The molecule has 1 aromatic carbocycles. The number of para-hydroxylation sites is 1. The first-order valence-corrected chi connectivity index (χ1v) is 7.39. The van der Waals surface area contributed by atoms with Crippen molar-refractivity contribution in [2.75, 3.05) is 0 Å². The van der Waals surface area contributed by atoms with Crippen molar-refractivity contribution in [1.29, 1.82) is 0 Å². The molecule has 2 N–H and O–H groups in total. The molecule has 0 aliphatic heterocycles. The summed E-state index contributed by atoms with van der Waals surface area (Å²) in [5.74, 6) is 1.59. The largest absolute Gasteiger partial charge is 0.489 e. The molecule has 0 aliphatic carbocycles. The van der Waals surface area contributed by atoms with Crippen LogP contribution in [-0.4, -0.2) is 12.1 Å². The fourth-order valence-corrected chi connectivity index (χ4v) is 2.61. The number of benzene rings is 1. The molecule has 0 amide bonds. The van der Waals surface area contributed by atoms with E-state index in [0.29, 0.717) is 5.92 Å². The van der Waals surface area contributed by atoms with E-state index in [-0.39, 0.29) is 12.1 Å². The van der Waals surface area contributed by atoms with Crippen LogP contribution >= 0.6 is 15.9 Å². The van der Waals surface area contributed by atoms with Gasteiger partial charge in [0.05, 0.1) is 10.6 Å². The monoisotopic (exact) mass is 313 g/mol. The lowest BCUT2D eigenvalue weighted by atomic mass is 10.1. The van der Waals surface area contributed by atoms with Gasteiger partial charge in [-0.05, 0) is 60.2 Å². The first-order valence-electron chi connectivity index (χ1n) is 6.59. The lowest BCUT2D eigenvalue weighted by molar-refractivity contribution is 0.190.